The maximum absolute atomic E-state index is 11.6. The van der Waals surface area contributed by atoms with Crippen molar-refractivity contribution in [3.8, 4) is 0 Å². The molecule has 1 aromatic rings. The van der Waals surface area contributed by atoms with Crippen LogP contribution >= 0.6 is 0 Å². The van der Waals surface area contributed by atoms with Crippen LogP contribution in [0.4, 0.5) is 5.95 Å². The number of carbonyl (C=O) groups excluding carboxylic acids is 1. The molecule has 104 valence electrons. The molecule has 1 aliphatic heterocycles. The zero-order valence-electron chi connectivity index (χ0n) is 12.5. The number of carbonyl (C=O) groups is 1. The Morgan fingerprint density at radius 1 is 1.11 bits per heavy atom. The minimum absolute atomic E-state index is 0.0429. The van der Waals surface area contributed by atoms with Gasteiger partial charge in [-0.2, -0.15) is 0 Å². The molecule has 2 atom stereocenters. The molecule has 1 aliphatic rings. The van der Waals surface area contributed by atoms with Gasteiger partial charge in [0, 0.05) is 12.1 Å². The lowest BCUT2D eigenvalue weighted by Crippen LogP contribution is -2.45. The van der Waals surface area contributed by atoms with E-state index in [1.807, 2.05) is 13.8 Å². The van der Waals surface area contributed by atoms with Gasteiger partial charge in [0.25, 0.3) is 0 Å². The molecule has 0 amide bonds. The first kappa shape index (κ1) is 14.0. The van der Waals surface area contributed by atoms with Crippen LogP contribution in [0.1, 0.15) is 61.8 Å². The highest BCUT2D eigenvalue weighted by Crippen LogP contribution is 2.27. The van der Waals surface area contributed by atoms with Crippen molar-refractivity contribution in [3.63, 3.8) is 0 Å². The van der Waals surface area contributed by atoms with Crippen LogP contribution in [-0.2, 0) is 0 Å². The largest absolute Gasteiger partial charge is 0.335 e. The maximum atomic E-state index is 11.6. The summed E-state index contributed by atoms with van der Waals surface area (Å²) in [5.41, 5.74) is 2.25. The van der Waals surface area contributed by atoms with E-state index < -0.39 is 0 Å². The number of hydrogen-bond donors (Lipinski definition) is 0. The Balaban J connectivity index is 2.43. The number of nitrogens with zero attached hydrogens (tertiary/aromatic N) is 3. The number of hydrogen-bond acceptors (Lipinski definition) is 4. The molecule has 0 unspecified atom stereocenters. The predicted molar refractivity (Wildman–Crippen MR) is 76.8 cm³/mol. The minimum atomic E-state index is 0.0429. The molecule has 0 aromatic carbocycles. The molecule has 0 spiro atoms. The molecule has 1 fully saturated rings. The molecule has 0 saturated carbocycles. The molecule has 1 saturated heterocycles. The zero-order chi connectivity index (χ0) is 14.2. The molecule has 4 heteroatoms. The van der Waals surface area contributed by atoms with Crippen LogP contribution in [-0.4, -0.2) is 27.8 Å². The van der Waals surface area contributed by atoms with E-state index in [1.165, 1.54) is 19.3 Å². The molecule has 1 aromatic heterocycles. The van der Waals surface area contributed by atoms with Crippen LogP contribution in [0.2, 0.25) is 0 Å². The Morgan fingerprint density at radius 3 is 2.00 bits per heavy atom. The third-order valence-corrected chi connectivity index (χ3v) is 4.04. The molecule has 19 heavy (non-hydrogen) atoms. The van der Waals surface area contributed by atoms with Crippen molar-refractivity contribution in [2.24, 2.45) is 0 Å². The van der Waals surface area contributed by atoms with E-state index in [2.05, 4.69) is 28.7 Å². The monoisotopic (exact) mass is 261 g/mol. The van der Waals surface area contributed by atoms with E-state index >= 15 is 0 Å². The Labute approximate surface area is 115 Å². The SMILES string of the molecule is CC(=O)c1c(C)nc(N2[C@H](C)CCC[C@@H]2C)nc1C. The second-order valence-electron chi connectivity index (χ2n) is 5.66. The van der Waals surface area contributed by atoms with Crippen LogP contribution in [0.5, 0.6) is 0 Å². The van der Waals surface area contributed by atoms with Gasteiger partial charge in [-0.3, -0.25) is 4.79 Å². The van der Waals surface area contributed by atoms with Crippen molar-refractivity contribution < 1.29 is 4.79 Å². The summed E-state index contributed by atoms with van der Waals surface area (Å²) in [7, 11) is 0. The highest BCUT2D eigenvalue weighted by atomic mass is 16.1. The van der Waals surface area contributed by atoms with Gasteiger partial charge in [0.2, 0.25) is 5.95 Å². The Bertz CT molecular complexity index is 465. The standard InChI is InChI=1S/C15H23N3O/c1-9-7-6-8-10(2)18(9)15-16-11(3)14(13(5)19)12(4)17-15/h9-10H,6-8H2,1-5H3/t9-,10+. The van der Waals surface area contributed by atoms with Gasteiger partial charge in [0.05, 0.1) is 17.0 Å². The first-order valence-corrected chi connectivity index (χ1v) is 7.06. The van der Waals surface area contributed by atoms with Gasteiger partial charge in [-0.25, -0.2) is 9.97 Å². The molecular formula is C15H23N3O. The molecule has 0 N–H and O–H groups in total. The van der Waals surface area contributed by atoms with Crippen molar-refractivity contribution in [3.05, 3.63) is 17.0 Å². The van der Waals surface area contributed by atoms with Crippen LogP contribution in [0.25, 0.3) is 0 Å². The van der Waals surface area contributed by atoms with Crippen LogP contribution in [0.15, 0.2) is 0 Å². The van der Waals surface area contributed by atoms with Gasteiger partial charge in [-0.15, -0.1) is 0 Å². The highest BCUT2D eigenvalue weighted by molar-refractivity contribution is 5.96. The van der Waals surface area contributed by atoms with Gasteiger partial charge in [0.1, 0.15) is 0 Å². The summed E-state index contributed by atoms with van der Waals surface area (Å²) in [5, 5.41) is 0. The predicted octanol–water partition coefficient (Wildman–Crippen LogP) is 3.06. The lowest BCUT2D eigenvalue weighted by molar-refractivity contribution is 0.101. The number of ketones is 1. The van der Waals surface area contributed by atoms with Crippen molar-refractivity contribution in [1.29, 1.82) is 0 Å². The zero-order valence-corrected chi connectivity index (χ0v) is 12.5. The normalized spacial score (nSPS) is 23.5. The smallest absolute Gasteiger partial charge is 0.226 e. The van der Waals surface area contributed by atoms with Crippen molar-refractivity contribution in [1.82, 2.24) is 9.97 Å². The van der Waals surface area contributed by atoms with Gasteiger partial charge in [-0.05, 0) is 53.9 Å². The van der Waals surface area contributed by atoms with Crippen molar-refractivity contribution >= 4 is 11.7 Å². The fraction of sp³-hybridized carbons (Fsp3) is 0.667. The number of anilines is 1. The third kappa shape index (κ3) is 2.62. The Hall–Kier alpha value is -1.45. The average Bonchev–Trinajstić information content (AvgIpc) is 2.26. The molecule has 2 rings (SSSR count). The fourth-order valence-electron chi connectivity index (χ4n) is 3.14. The second kappa shape index (κ2) is 5.27. The average molecular weight is 261 g/mol. The lowest BCUT2D eigenvalue weighted by Gasteiger charge is -2.39. The number of aryl methyl sites for hydroxylation is 2. The fourth-order valence-corrected chi connectivity index (χ4v) is 3.14. The first-order valence-electron chi connectivity index (χ1n) is 7.06. The van der Waals surface area contributed by atoms with E-state index in [-0.39, 0.29) is 5.78 Å². The summed E-state index contributed by atoms with van der Waals surface area (Å²) >= 11 is 0. The Kier molecular flexibility index (Phi) is 3.88. The molecular weight excluding hydrogens is 238 g/mol. The summed E-state index contributed by atoms with van der Waals surface area (Å²) in [6.07, 6.45) is 3.63. The van der Waals surface area contributed by atoms with E-state index in [1.54, 1.807) is 6.92 Å². The van der Waals surface area contributed by atoms with Crippen molar-refractivity contribution in [2.45, 2.75) is 66.0 Å². The molecule has 2 heterocycles. The number of piperidine rings is 1. The minimum Gasteiger partial charge on any atom is -0.335 e. The summed E-state index contributed by atoms with van der Waals surface area (Å²) in [6, 6.07) is 0.927. The number of rotatable bonds is 2. The third-order valence-electron chi connectivity index (χ3n) is 4.04. The Morgan fingerprint density at radius 2 is 1.58 bits per heavy atom. The second-order valence-corrected chi connectivity index (χ2v) is 5.66. The van der Waals surface area contributed by atoms with E-state index in [4.69, 9.17) is 0 Å². The first-order chi connectivity index (χ1) is 8.91. The number of aromatic nitrogens is 2. The molecule has 4 nitrogen and oxygen atoms in total. The maximum Gasteiger partial charge on any atom is 0.226 e. The van der Waals surface area contributed by atoms with Crippen LogP contribution < -0.4 is 4.90 Å². The topological polar surface area (TPSA) is 46.1 Å². The summed E-state index contributed by atoms with van der Waals surface area (Å²) in [6.45, 7) is 9.82. The quantitative estimate of drug-likeness (QED) is 0.768. The van der Waals surface area contributed by atoms with Crippen LogP contribution in [0, 0.1) is 13.8 Å². The molecule has 0 aliphatic carbocycles. The van der Waals surface area contributed by atoms with Crippen molar-refractivity contribution in [2.75, 3.05) is 4.90 Å². The van der Waals surface area contributed by atoms with Crippen LogP contribution in [0.3, 0.4) is 0 Å². The summed E-state index contributed by atoms with van der Waals surface area (Å²) in [5.74, 6) is 0.820. The summed E-state index contributed by atoms with van der Waals surface area (Å²) < 4.78 is 0. The summed E-state index contributed by atoms with van der Waals surface area (Å²) in [4.78, 5) is 23.1. The van der Waals surface area contributed by atoms with Gasteiger partial charge in [0.15, 0.2) is 5.78 Å². The molecule has 0 bridgehead atoms. The van der Waals surface area contributed by atoms with Gasteiger partial charge in [-0.1, -0.05) is 0 Å². The van der Waals surface area contributed by atoms with Gasteiger partial charge < -0.3 is 4.90 Å². The number of Topliss-reactive ketones (excluding diaryl/α,β-unsaturated/α-hetero) is 1. The van der Waals surface area contributed by atoms with E-state index in [0.717, 1.165) is 17.3 Å². The van der Waals surface area contributed by atoms with E-state index in [9.17, 15) is 4.79 Å². The highest BCUT2D eigenvalue weighted by Gasteiger charge is 2.27. The molecule has 0 radical (unpaired) electrons. The van der Waals surface area contributed by atoms with Gasteiger partial charge >= 0.3 is 0 Å². The lowest BCUT2D eigenvalue weighted by atomic mass is 9.98. The van der Waals surface area contributed by atoms with E-state index in [0.29, 0.717) is 17.6 Å².